The van der Waals surface area contributed by atoms with Gasteiger partial charge in [0.05, 0.1) is 16.6 Å². The zero-order valence-corrected chi connectivity index (χ0v) is 13.5. The zero-order valence-electron chi connectivity index (χ0n) is 11.2. The molecule has 0 radical (unpaired) electrons. The van der Waals surface area contributed by atoms with Crippen molar-refractivity contribution in [1.82, 2.24) is 0 Å². The summed E-state index contributed by atoms with van der Waals surface area (Å²) in [7, 11) is 0. The third-order valence-electron chi connectivity index (χ3n) is 3.04. The minimum atomic E-state index is -0.586. The first-order chi connectivity index (χ1) is 9.88. The summed E-state index contributed by atoms with van der Waals surface area (Å²) in [6, 6.07) is 9.30. The van der Waals surface area contributed by atoms with Gasteiger partial charge in [-0.1, -0.05) is 27.5 Å². The fraction of sp³-hybridized carbons (Fsp3) is 0.133. The molecule has 0 fully saturated rings. The first-order valence-corrected chi connectivity index (χ1v) is 7.36. The molecule has 1 atom stereocenters. The zero-order chi connectivity index (χ0) is 15.6. The lowest BCUT2D eigenvalue weighted by atomic mass is 10.1. The monoisotopic (exact) mass is 370 g/mol. The normalized spacial score (nSPS) is 12.0. The summed E-state index contributed by atoms with van der Waals surface area (Å²) in [6.07, 6.45) is 0. The molecule has 3 nitrogen and oxygen atoms in total. The second-order valence-corrected chi connectivity index (χ2v) is 5.91. The minimum Gasteiger partial charge on any atom is -0.378 e. The molecule has 0 saturated carbocycles. The van der Waals surface area contributed by atoms with Gasteiger partial charge in [0.2, 0.25) is 5.91 Å². The number of nitrogens with one attached hydrogen (secondary N) is 1. The summed E-state index contributed by atoms with van der Waals surface area (Å²) in [5.74, 6) is -0.879. The van der Waals surface area contributed by atoms with E-state index in [0.717, 1.165) is 4.47 Å². The molecule has 0 bridgehead atoms. The van der Waals surface area contributed by atoms with E-state index in [0.29, 0.717) is 11.3 Å². The number of primary amides is 1. The fourth-order valence-corrected chi connectivity index (χ4v) is 2.63. The van der Waals surface area contributed by atoms with Crippen molar-refractivity contribution in [2.75, 3.05) is 5.32 Å². The average molecular weight is 372 g/mol. The van der Waals surface area contributed by atoms with Gasteiger partial charge in [-0.25, -0.2) is 4.39 Å². The molecule has 2 rings (SSSR count). The highest BCUT2D eigenvalue weighted by Gasteiger charge is 2.13. The number of hydrogen-bond donors (Lipinski definition) is 2. The molecule has 0 saturated heterocycles. The second kappa shape index (κ2) is 6.45. The summed E-state index contributed by atoms with van der Waals surface area (Å²) in [4.78, 5) is 11.1. The van der Waals surface area contributed by atoms with Crippen LogP contribution in [0.3, 0.4) is 0 Å². The van der Waals surface area contributed by atoms with Crippen LogP contribution in [0.1, 0.15) is 28.9 Å². The predicted octanol–water partition coefficient (Wildman–Crippen LogP) is 4.51. The Morgan fingerprint density at radius 2 is 2.05 bits per heavy atom. The van der Waals surface area contributed by atoms with Crippen LogP contribution in [0.15, 0.2) is 40.9 Å². The van der Waals surface area contributed by atoms with Crippen molar-refractivity contribution in [2.45, 2.75) is 13.0 Å². The van der Waals surface area contributed by atoms with Gasteiger partial charge in [0.25, 0.3) is 0 Å². The van der Waals surface area contributed by atoms with Crippen molar-refractivity contribution < 1.29 is 9.18 Å². The third-order valence-corrected chi connectivity index (χ3v) is 3.85. The molecule has 0 aliphatic heterocycles. The van der Waals surface area contributed by atoms with Gasteiger partial charge in [-0.3, -0.25) is 4.79 Å². The van der Waals surface area contributed by atoms with E-state index in [1.165, 1.54) is 12.1 Å². The maximum absolute atomic E-state index is 13.8. The molecule has 110 valence electrons. The molecule has 3 N–H and O–H groups in total. The van der Waals surface area contributed by atoms with Crippen molar-refractivity contribution in [3.8, 4) is 0 Å². The third kappa shape index (κ3) is 3.74. The summed E-state index contributed by atoms with van der Waals surface area (Å²) in [6.45, 7) is 1.83. The highest BCUT2D eigenvalue weighted by atomic mass is 79.9. The number of halogens is 3. The first-order valence-electron chi connectivity index (χ1n) is 6.19. The van der Waals surface area contributed by atoms with Gasteiger partial charge in [0, 0.05) is 15.7 Å². The maximum Gasteiger partial charge on any atom is 0.250 e. The van der Waals surface area contributed by atoms with Crippen molar-refractivity contribution in [3.63, 3.8) is 0 Å². The molecule has 0 heterocycles. The van der Waals surface area contributed by atoms with E-state index in [1.807, 2.05) is 6.92 Å². The number of carbonyl (C=O) groups excluding carboxylic acids is 1. The van der Waals surface area contributed by atoms with Gasteiger partial charge in [0.1, 0.15) is 5.82 Å². The SMILES string of the molecule is CC(Nc1ccc(C(N)=O)c(Cl)c1)c1cc(Br)ccc1F. The first kappa shape index (κ1) is 15.8. The Morgan fingerprint density at radius 3 is 2.67 bits per heavy atom. The van der Waals surface area contributed by atoms with E-state index in [1.54, 1.807) is 24.3 Å². The van der Waals surface area contributed by atoms with Gasteiger partial charge in [0.15, 0.2) is 0 Å². The highest BCUT2D eigenvalue weighted by Crippen LogP contribution is 2.27. The number of carbonyl (C=O) groups is 1. The van der Waals surface area contributed by atoms with E-state index < -0.39 is 5.91 Å². The van der Waals surface area contributed by atoms with Crippen LogP contribution in [0, 0.1) is 5.82 Å². The van der Waals surface area contributed by atoms with E-state index in [4.69, 9.17) is 17.3 Å². The number of rotatable bonds is 4. The quantitative estimate of drug-likeness (QED) is 0.830. The van der Waals surface area contributed by atoms with E-state index in [9.17, 15) is 9.18 Å². The predicted molar refractivity (Wildman–Crippen MR) is 86.1 cm³/mol. The Morgan fingerprint density at radius 1 is 1.33 bits per heavy atom. The molecule has 0 aliphatic carbocycles. The Bertz CT molecular complexity index is 693. The lowest BCUT2D eigenvalue weighted by Crippen LogP contribution is -2.12. The molecule has 6 heteroatoms. The summed E-state index contributed by atoms with van der Waals surface area (Å²) in [5, 5.41) is 3.39. The van der Waals surface area contributed by atoms with Crippen molar-refractivity contribution in [3.05, 3.63) is 62.8 Å². The van der Waals surface area contributed by atoms with Crippen molar-refractivity contribution >= 4 is 39.1 Å². The molecule has 2 aromatic carbocycles. The van der Waals surface area contributed by atoms with Crippen molar-refractivity contribution in [2.24, 2.45) is 5.73 Å². The van der Waals surface area contributed by atoms with Gasteiger partial charge in [-0.05, 0) is 43.3 Å². The van der Waals surface area contributed by atoms with Crippen LogP contribution in [0.2, 0.25) is 5.02 Å². The largest absolute Gasteiger partial charge is 0.378 e. The van der Waals surface area contributed by atoms with Crippen LogP contribution in [-0.4, -0.2) is 5.91 Å². The Labute approximate surface area is 135 Å². The summed E-state index contributed by atoms with van der Waals surface area (Å²) in [5.41, 5.74) is 6.65. The van der Waals surface area contributed by atoms with Crippen LogP contribution in [0.5, 0.6) is 0 Å². The molecule has 2 aromatic rings. The van der Waals surface area contributed by atoms with E-state index >= 15 is 0 Å². The fourth-order valence-electron chi connectivity index (χ4n) is 1.98. The van der Waals surface area contributed by atoms with Crippen LogP contribution < -0.4 is 11.1 Å². The Balaban J connectivity index is 2.23. The van der Waals surface area contributed by atoms with Crippen LogP contribution >= 0.6 is 27.5 Å². The number of anilines is 1. The number of nitrogens with two attached hydrogens (primary N) is 1. The van der Waals surface area contributed by atoms with Gasteiger partial charge in [-0.15, -0.1) is 0 Å². The number of hydrogen-bond acceptors (Lipinski definition) is 2. The molecule has 0 spiro atoms. The molecular weight excluding hydrogens is 359 g/mol. The summed E-state index contributed by atoms with van der Waals surface area (Å²) < 4.78 is 14.6. The van der Waals surface area contributed by atoms with Gasteiger partial charge < -0.3 is 11.1 Å². The molecule has 21 heavy (non-hydrogen) atoms. The number of benzene rings is 2. The van der Waals surface area contributed by atoms with Gasteiger partial charge in [-0.2, -0.15) is 0 Å². The van der Waals surface area contributed by atoms with E-state index in [-0.39, 0.29) is 22.4 Å². The Kier molecular flexibility index (Phi) is 4.85. The highest BCUT2D eigenvalue weighted by molar-refractivity contribution is 9.10. The second-order valence-electron chi connectivity index (χ2n) is 4.59. The summed E-state index contributed by atoms with van der Waals surface area (Å²) >= 11 is 9.31. The molecule has 0 aliphatic rings. The van der Waals surface area contributed by atoms with E-state index in [2.05, 4.69) is 21.2 Å². The standard InChI is InChI=1S/C15H13BrClFN2O/c1-8(12-6-9(16)2-5-14(12)18)20-10-3-4-11(15(19)21)13(17)7-10/h2-8,20H,1H3,(H2,19,21). The maximum atomic E-state index is 13.8. The topological polar surface area (TPSA) is 55.1 Å². The average Bonchev–Trinajstić information content (AvgIpc) is 2.41. The van der Waals surface area contributed by atoms with Crippen LogP contribution in [-0.2, 0) is 0 Å². The molecule has 0 aromatic heterocycles. The lowest BCUT2D eigenvalue weighted by molar-refractivity contribution is 0.100. The van der Waals surface area contributed by atoms with Crippen molar-refractivity contribution in [1.29, 1.82) is 0 Å². The Hall–Kier alpha value is -1.59. The number of amides is 1. The molecule has 1 amide bonds. The minimum absolute atomic E-state index is 0.253. The van der Waals surface area contributed by atoms with Gasteiger partial charge >= 0.3 is 0 Å². The smallest absolute Gasteiger partial charge is 0.250 e. The van der Waals surface area contributed by atoms with Crippen LogP contribution in [0.4, 0.5) is 10.1 Å². The molecule has 1 unspecified atom stereocenters. The lowest BCUT2D eigenvalue weighted by Gasteiger charge is -2.17. The van der Waals surface area contributed by atoms with Crippen LogP contribution in [0.25, 0.3) is 0 Å². The molecular formula is C15H13BrClFN2O.